The number of nitrogens with one attached hydrogen (secondary N) is 1. The number of hydrogen-bond acceptors (Lipinski definition) is 4. The minimum Gasteiger partial charge on any atom is -0.300 e. The zero-order chi connectivity index (χ0) is 7.40. The summed E-state index contributed by atoms with van der Waals surface area (Å²) in [6.07, 6.45) is 1.37. The number of aromatic nitrogens is 2. The zero-order valence-corrected chi connectivity index (χ0v) is 6.45. The monoisotopic (exact) mass is 177 g/mol. The number of nitrogens with zero attached hydrogens (tertiary/aromatic N) is 2. The van der Waals surface area contributed by atoms with Gasteiger partial charge in [-0.25, -0.2) is 4.98 Å². The number of rotatable bonds is 2. The van der Waals surface area contributed by atoms with Crippen molar-refractivity contribution in [3.8, 4) is 0 Å². The van der Waals surface area contributed by atoms with E-state index in [2.05, 4.69) is 14.7 Å². The van der Waals surface area contributed by atoms with Crippen LogP contribution in [0.15, 0.2) is 6.33 Å². The fourth-order valence-electron chi connectivity index (χ4n) is 0.381. The lowest BCUT2D eigenvalue weighted by Crippen LogP contribution is -2.11. The number of hydrogen-bond donors (Lipinski definition) is 1. The van der Waals surface area contributed by atoms with E-state index < -0.39 is 0 Å². The number of halogens is 1. The molecule has 0 aliphatic carbocycles. The summed E-state index contributed by atoms with van der Waals surface area (Å²) in [6.45, 7) is 0. The van der Waals surface area contributed by atoms with Gasteiger partial charge in [0.2, 0.25) is 11.0 Å². The van der Waals surface area contributed by atoms with E-state index in [0.717, 1.165) is 11.5 Å². The van der Waals surface area contributed by atoms with E-state index in [0.29, 0.717) is 5.13 Å². The van der Waals surface area contributed by atoms with Crippen molar-refractivity contribution in [1.29, 1.82) is 0 Å². The molecule has 1 aromatic heterocycles. The Balaban J connectivity index is 2.48. The molecule has 0 bridgehead atoms. The summed E-state index contributed by atoms with van der Waals surface area (Å²) in [6, 6.07) is 0. The standard InChI is InChI=1S/C4H4ClN3OS/c5-1-3(9)8-4-6-2-7-10-4/h2H,1H2,(H,6,7,8,9). The van der Waals surface area contributed by atoms with E-state index in [9.17, 15) is 4.79 Å². The third kappa shape index (κ3) is 1.93. The molecule has 0 unspecified atom stereocenters. The van der Waals surface area contributed by atoms with Crippen LogP contribution in [-0.4, -0.2) is 21.1 Å². The van der Waals surface area contributed by atoms with Crippen LogP contribution in [0.1, 0.15) is 0 Å². The van der Waals surface area contributed by atoms with Gasteiger partial charge >= 0.3 is 0 Å². The van der Waals surface area contributed by atoms with Crippen LogP contribution in [0.5, 0.6) is 0 Å². The number of anilines is 1. The van der Waals surface area contributed by atoms with E-state index in [1.165, 1.54) is 6.33 Å². The normalized spacial score (nSPS) is 9.30. The van der Waals surface area contributed by atoms with Gasteiger partial charge in [0.05, 0.1) is 0 Å². The maximum Gasteiger partial charge on any atom is 0.241 e. The first-order valence-corrected chi connectivity index (χ1v) is 3.76. The minimum atomic E-state index is -0.265. The summed E-state index contributed by atoms with van der Waals surface area (Å²) in [7, 11) is 0. The van der Waals surface area contributed by atoms with Gasteiger partial charge in [-0.05, 0) is 0 Å². The van der Waals surface area contributed by atoms with Crippen LogP contribution in [-0.2, 0) is 4.79 Å². The lowest BCUT2D eigenvalue weighted by atomic mass is 10.7. The maximum absolute atomic E-state index is 10.6. The summed E-state index contributed by atoms with van der Waals surface area (Å²) in [5.41, 5.74) is 0. The second-order valence-corrected chi connectivity index (χ2v) is 2.48. The van der Waals surface area contributed by atoms with Crippen LogP contribution in [0.25, 0.3) is 0 Å². The highest BCUT2D eigenvalue weighted by Gasteiger charge is 2.00. The van der Waals surface area contributed by atoms with Crippen molar-refractivity contribution in [3.05, 3.63) is 6.33 Å². The van der Waals surface area contributed by atoms with Gasteiger partial charge in [-0.15, -0.1) is 11.6 Å². The summed E-state index contributed by atoms with van der Waals surface area (Å²) < 4.78 is 3.68. The van der Waals surface area contributed by atoms with Crippen LogP contribution < -0.4 is 5.32 Å². The van der Waals surface area contributed by atoms with Gasteiger partial charge in [0.1, 0.15) is 12.2 Å². The van der Waals surface area contributed by atoms with Crippen molar-refractivity contribution in [2.75, 3.05) is 11.2 Å². The topological polar surface area (TPSA) is 54.9 Å². The van der Waals surface area contributed by atoms with E-state index in [1.54, 1.807) is 0 Å². The highest BCUT2D eigenvalue weighted by Crippen LogP contribution is 2.05. The lowest BCUT2D eigenvalue weighted by Gasteiger charge is -1.92. The molecule has 0 radical (unpaired) electrons. The van der Waals surface area contributed by atoms with E-state index in [-0.39, 0.29) is 11.8 Å². The summed E-state index contributed by atoms with van der Waals surface area (Å²) in [4.78, 5) is 14.3. The summed E-state index contributed by atoms with van der Waals surface area (Å²) in [5, 5.41) is 2.92. The SMILES string of the molecule is O=C(CCl)Nc1ncns1. The van der Waals surface area contributed by atoms with Gasteiger partial charge in [0.15, 0.2) is 0 Å². The maximum atomic E-state index is 10.6. The van der Waals surface area contributed by atoms with Crippen molar-refractivity contribution >= 4 is 34.2 Å². The van der Waals surface area contributed by atoms with Gasteiger partial charge < -0.3 is 0 Å². The van der Waals surface area contributed by atoms with Gasteiger partial charge in [-0.2, -0.15) is 4.37 Å². The van der Waals surface area contributed by atoms with Gasteiger partial charge in [0.25, 0.3) is 0 Å². The molecule has 0 aliphatic rings. The predicted molar refractivity (Wildman–Crippen MR) is 39.3 cm³/mol. The second-order valence-electron chi connectivity index (χ2n) is 1.43. The van der Waals surface area contributed by atoms with Crippen molar-refractivity contribution in [2.45, 2.75) is 0 Å². The molecule has 1 heterocycles. The first-order chi connectivity index (χ1) is 4.83. The first-order valence-electron chi connectivity index (χ1n) is 2.45. The first kappa shape index (κ1) is 7.43. The summed E-state index contributed by atoms with van der Waals surface area (Å²) >= 11 is 6.33. The zero-order valence-electron chi connectivity index (χ0n) is 4.87. The Labute approximate surface area is 66.4 Å². The van der Waals surface area contributed by atoms with E-state index in [1.807, 2.05) is 0 Å². The molecule has 54 valence electrons. The van der Waals surface area contributed by atoms with Crippen LogP contribution in [0.4, 0.5) is 5.13 Å². The molecule has 0 spiro atoms. The molecule has 0 aliphatic heterocycles. The lowest BCUT2D eigenvalue weighted by molar-refractivity contribution is -0.113. The number of carbonyl (C=O) groups excluding carboxylic acids is 1. The molecular formula is C4H4ClN3OS. The Morgan fingerprint density at radius 3 is 3.20 bits per heavy atom. The third-order valence-electron chi connectivity index (χ3n) is 0.729. The van der Waals surface area contributed by atoms with Crippen LogP contribution in [0.2, 0.25) is 0 Å². The van der Waals surface area contributed by atoms with Crippen LogP contribution >= 0.6 is 23.1 Å². The fraction of sp³-hybridized carbons (Fsp3) is 0.250. The van der Waals surface area contributed by atoms with Crippen LogP contribution in [0, 0.1) is 0 Å². The predicted octanol–water partition coefficient (Wildman–Crippen LogP) is 0.715. The van der Waals surface area contributed by atoms with Crippen molar-refractivity contribution in [3.63, 3.8) is 0 Å². The largest absolute Gasteiger partial charge is 0.300 e. The Morgan fingerprint density at radius 2 is 2.70 bits per heavy atom. The minimum absolute atomic E-state index is 0.0560. The third-order valence-corrected chi connectivity index (χ3v) is 1.55. The molecule has 4 nitrogen and oxygen atoms in total. The molecule has 0 fully saturated rings. The summed E-state index contributed by atoms with van der Waals surface area (Å²) in [5.74, 6) is -0.321. The molecule has 1 rings (SSSR count). The molecular weight excluding hydrogens is 174 g/mol. The molecule has 6 heteroatoms. The van der Waals surface area contributed by atoms with E-state index >= 15 is 0 Å². The molecule has 0 saturated carbocycles. The number of alkyl halides is 1. The Bertz CT molecular complexity index is 212. The Kier molecular flexibility index (Phi) is 2.58. The molecule has 1 amide bonds. The fourth-order valence-corrected chi connectivity index (χ4v) is 0.896. The number of amides is 1. The Hall–Kier alpha value is -0.680. The molecule has 1 aromatic rings. The Morgan fingerprint density at radius 1 is 1.90 bits per heavy atom. The molecule has 10 heavy (non-hydrogen) atoms. The van der Waals surface area contributed by atoms with Gasteiger partial charge in [0, 0.05) is 11.5 Å². The van der Waals surface area contributed by atoms with Gasteiger partial charge in [-0.3, -0.25) is 10.1 Å². The second kappa shape index (κ2) is 3.48. The average molecular weight is 178 g/mol. The van der Waals surface area contributed by atoms with Crippen molar-refractivity contribution in [2.24, 2.45) is 0 Å². The highest BCUT2D eigenvalue weighted by atomic mass is 35.5. The molecule has 1 N–H and O–H groups in total. The highest BCUT2D eigenvalue weighted by molar-refractivity contribution is 7.09. The van der Waals surface area contributed by atoms with Crippen molar-refractivity contribution in [1.82, 2.24) is 9.36 Å². The van der Waals surface area contributed by atoms with E-state index in [4.69, 9.17) is 11.6 Å². The van der Waals surface area contributed by atoms with Crippen LogP contribution in [0.3, 0.4) is 0 Å². The quantitative estimate of drug-likeness (QED) is 0.678. The molecule has 0 atom stereocenters. The van der Waals surface area contributed by atoms with Crippen molar-refractivity contribution < 1.29 is 4.79 Å². The smallest absolute Gasteiger partial charge is 0.241 e. The average Bonchev–Trinajstić information content (AvgIpc) is 2.40. The molecule has 0 aromatic carbocycles. The molecule has 0 saturated heterocycles. The van der Waals surface area contributed by atoms with Gasteiger partial charge in [-0.1, -0.05) is 0 Å². The number of carbonyl (C=O) groups is 1.